The summed E-state index contributed by atoms with van der Waals surface area (Å²) in [7, 11) is 2.92. The number of ether oxygens (including phenoxy) is 1. The number of carboxylic acid groups (broad SMARTS) is 1. The molecule has 0 saturated carbocycles. The summed E-state index contributed by atoms with van der Waals surface area (Å²) < 4.78 is 5.22. The maximum atomic E-state index is 11.2. The summed E-state index contributed by atoms with van der Waals surface area (Å²) in [6, 6.07) is -1.26. The van der Waals surface area contributed by atoms with Crippen molar-refractivity contribution in [2.45, 2.75) is 37.5 Å². The second kappa shape index (κ2) is 6.88. The lowest BCUT2D eigenvalue weighted by molar-refractivity contribution is -0.142. The van der Waals surface area contributed by atoms with Crippen molar-refractivity contribution in [1.82, 2.24) is 5.32 Å². The highest BCUT2D eigenvalue weighted by Gasteiger charge is 2.39. The van der Waals surface area contributed by atoms with E-state index in [2.05, 4.69) is 10.3 Å². The van der Waals surface area contributed by atoms with Crippen molar-refractivity contribution in [2.24, 2.45) is 4.99 Å². The highest BCUT2D eigenvalue weighted by atomic mass is 16.5. The van der Waals surface area contributed by atoms with Crippen LogP contribution in [0.2, 0.25) is 0 Å². The number of hydrogen-bond donors (Lipinski definition) is 5. The molecule has 21 heavy (non-hydrogen) atoms. The predicted octanol–water partition coefficient (Wildman–Crippen LogP) is -1.14. The Hall–Kier alpha value is -1.64. The van der Waals surface area contributed by atoms with Gasteiger partial charge in [0.15, 0.2) is 11.8 Å². The lowest BCUT2D eigenvalue weighted by Gasteiger charge is -2.35. The molecular formula is C13H22N2O6. The van der Waals surface area contributed by atoms with Crippen molar-refractivity contribution in [3.05, 3.63) is 11.5 Å². The van der Waals surface area contributed by atoms with E-state index in [-0.39, 0.29) is 18.5 Å². The monoisotopic (exact) mass is 302 g/mol. The number of hydrogen-bond acceptors (Lipinski definition) is 7. The van der Waals surface area contributed by atoms with Crippen LogP contribution in [0.3, 0.4) is 0 Å². The van der Waals surface area contributed by atoms with Gasteiger partial charge in [0, 0.05) is 19.9 Å². The summed E-state index contributed by atoms with van der Waals surface area (Å²) in [4.78, 5) is 15.2. The Morgan fingerprint density at radius 3 is 2.52 bits per heavy atom. The molecule has 1 aliphatic rings. The van der Waals surface area contributed by atoms with Gasteiger partial charge < -0.3 is 30.5 Å². The Labute approximate surface area is 122 Å². The Kier molecular flexibility index (Phi) is 5.70. The third-order valence-corrected chi connectivity index (χ3v) is 3.39. The van der Waals surface area contributed by atoms with Gasteiger partial charge in [-0.05, 0) is 6.92 Å². The van der Waals surface area contributed by atoms with Crippen LogP contribution in [-0.2, 0) is 9.53 Å². The molecule has 0 aromatic rings. The number of aliphatic hydroxyl groups excluding tert-OH is 2. The number of nitrogens with one attached hydrogen (secondary N) is 1. The van der Waals surface area contributed by atoms with Crippen molar-refractivity contribution >= 4 is 11.7 Å². The average Bonchev–Trinajstić information content (AvgIpc) is 2.43. The number of methoxy groups -OCH3 is 1. The van der Waals surface area contributed by atoms with Gasteiger partial charge in [-0.2, -0.15) is 0 Å². The van der Waals surface area contributed by atoms with Gasteiger partial charge >= 0.3 is 5.97 Å². The molecule has 0 bridgehead atoms. The molecular weight excluding hydrogens is 280 g/mol. The fraction of sp³-hybridized carbons (Fsp3) is 0.692. The molecule has 3 atom stereocenters. The average molecular weight is 302 g/mol. The Morgan fingerprint density at radius 1 is 1.52 bits per heavy atom. The molecule has 0 fully saturated rings. The highest BCUT2D eigenvalue weighted by Crippen LogP contribution is 2.30. The molecule has 0 aliphatic heterocycles. The van der Waals surface area contributed by atoms with E-state index in [1.807, 2.05) is 0 Å². The smallest absolute Gasteiger partial charge is 0.328 e. The minimum Gasteiger partial charge on any atom is -0.493 e. The summed E-state index contributed by atoms with van der Waals surface area (Å²) in [6.07, 6.45) is -1.08. The van der Waals surface area contributed by atoms with Crippen molar-refractivity contribution in [1.29, 1.82) is 0 Å². The van der Waals surface area contributed by atoms with Crippen LogP contribution in [0, 0.1) is 0 Å². The number of aliphatic carboxylic acids is 1. The van der Waals surface area contributed by atoms with Crippen LogP contribution in [-0.4, -0.2) is 70.6 Å². The van der Waals surface area contributed by atoms with Gasteiger partial charge in [0.1, 0.15) is 0 Å². The molecule has 8 heteroatoms. The van der Waals surface area contributed by atoms with Gasteiger partial charge in [0.25, 0.3) is 0 Å². The maximum absolute atomic E-state index is 11.2. The molecule has 0 saturated heterocycles. The molecule has 1 rings (SSSR count). The van der Waals surface area contributed by atoms with E-state index < -0.39 is 30.3 Å². The summed E-state index contributed by atoms with van der Waals surface area (Å²) in [5, 5.41) is 40.9. The molecule has 0 unspecified atom stereocenters. The maximum Gasteiger partial charge on any atom is 0.328 e. The van der Waals surface area contributed by atoms with Gasteiger partial charge in [0.2, 0.25) is 0 Å². The molecule has 0 heterocycles. The first-order chi connectivity index (χ1) is 9.77. The van der Waals surface area contributed by atoms with Crippen LogP contribution < -0.4 is 5.32 Å². The standard InChI is InChI=1S/C13H22N2O6/c1-7(17)10(12(18)19)15-9-5-13(20,6-16)4-8(14-2)11(9)21-3/h7,10,15-17,20H,4-6H2,1-3H3,(H,18,19)/t7-,10-,13+/m0/s1. The molecule has 8 nitrogen and oxygen atoms in total. The number of nitrogens with zero attached hydrogens (tertiary/aromatic N) is 1. The summed E-state index contributed by atoms with van der Waals surface area (Å²) in [5.74, 6) is -0.913. The quantitative estimate of drug-likeness (QED) is 0.419. The van der Waals surface area contributed by atoms with E-state index in [1.165, 1.54) is 21.1 Å². The third kappa shape index (κ3) is 3.93. The topological polar surface area (TPSA) is 132 Å². The van der Waals surface area contributed by atoms with Crippen LogP contribution in [0.1, 0.15) is 19.8 Å². The third-order valence-electron chi connectivity index (χ3n) is 3.39. The van der Waals surface area contributed by atoms with Gasteiger partial charge in [-0.1, -0.05) is 0 Å². The lowest BCUT2D eigenvalue weighted by atomic mass is 9.85. The Balaban J connectivity index is 3.19. The fourth-order valence-corrected chi connectivity index (χ4v) is 2.26. The first kappa shape index (κ1) is 17.4. The molecule has 1 aliphatic carbocycles. The number of carboxylic acids is 1. The molecule has 0 aromatic carbocycles. The summed E-state index contributed by atoms with van der Waals surface area (Å²) >= 11 is 0. The molecule has 0 radical (unpaired) electrons. The van der Waals surface area contributed by atoms with Crippen molar-refractivity contribution in [3.63, 3.8) is 0 Å². The van der Waals surface area contributed by atoms with Gasteiger partial charge in [-0.3, -0.25) is 4.99 Å². The van der Waals surface area contributed by atoms with E-state index in [1.54, 1.807) is 0 Å². The van der Waals surface area contributed by atoms with E-state index >= 15 is 0 Å². The van der Waals surface area contributed by atoms with Gasteiger partial charge in [-0.15, -0.1) is 0 Å². The van der Waals surface area contributed by atoms with E-state index in [0.29, 0.717) is 11.5 Å². The SMILES string of the molecule is CN=C1C[C@](O)(CO)CC(N[C@H](C(=O)O)[C@H](C)O)=C1OC. The second-order valence-corrected chi connectivity index (χ2v) is 5.12. The first-order valence-corrected chi connectivity index (χ1v) is 6.51. The van der Waals surface area contributed by atoms with Crippen LogP contribution in [0.4, 0.5) is 0 Å². The van der Waals surface area contributed by atoms with E-state index in [4.69, 9.17) is 9.84 Å². The number of aliphatic imine (C=N–C) groups is 1. The number of rotatable bonds is 6. The molecule has 0 aromatic heterocycles. The van der Waals surface area contributed by atoms with Crippen molar-refractivity contribution in [3.8, 4) is 0 Å². The summed E-state index contributed by atoms with van der Waals surface area (Å²) in [6.45, 7) is 0.843. The summed E-state index contributed by atoms with van der Waals surface area (Å²) in [5.41, 5.74) is -0.743. The van der Waals surface area contributed by atoms with Crippen LogP contribution in [0.15, 0.2) is 16.4 Å². The minimum atomic E-state index is -1.44. The van der Waals surface area contributed by atoms with Gasteiger partial charge in [-0.25, -0.2) is 4.79 Å². The number of aliphatic hydroxyl groups is 3. The van der Waals surface area contributed by atoms with E-state index in [9.17, 15) is 20.1 Å². The molecule has 0 amide bonds. The fourth-order valence-electron chi connectivity index (χ4n) is 2.26. The van der Waals surface area contributed by atoms with Crippen molar-refractivity contribution < 1.29 is 30.0 Å². The predicted molar refractivity (Wildman–Crippen MR) is 74.9 cm³/mol. The zero-order valence-electron chi connectivity index (χ0n) is 12.3. The van der Waals surface area contributed by atoms with Crippen LogP contribution in [0.5, 0.6) is 0 Å². The molecule has 0 spiro atoms. The lowest BCUT2D eigenvalue weighted by Crippen LogP contribution is -2.49. The number of carbonyl (C=O) groups is 1. The zero-order valence-corrected chi connectivity index (χ0v) is 12.3. The largest absolute Gasteiger partial charge is 0.493 e. The van der Waals surface area contributed by atoms with Crippen LogP contribution in [0.25, 0.3) is 0 Å². The minimum absolute atomic E-state index is 0.0256. The number of allylic oxidation sites excluding steroid dienone is 1. The zero-order chi connectivity index (χ0) is 16.2. The highest BCUT2D eigenvalue weighted by molar-refractivity contribution is 6.00. The Morgan fingerprint density at radius 2 is 2.14 bits per heavy atom. The molecule has 120 valence electrons. The first-order valence-electron chi connectivity index (χ1n) is 6.51. The van der Waals surface area contributed by atoms with Crippen molar-refractivity contribution in [2.75, 3.05) is 20.8 Å². The van der Waals surface area contributed by atoms with E-state index in [0.717, 1.165) is 0 Å². The second-order valence-electron chi connectivity index (χ2n) is 5.12. The Bertz CT molecular complexity index is 460. The van der Waals surface area contributed by atoms with Crippen LogP contribution >= 0.6 is 0 Å². The molecule has 5 N–H and O–H groups in total. The van der Waals surface area contributed by atoms with Gasteiger partial charge in [0.05, 0.1) is 36.8 Å². The normalized spacial score (nSPS) is 27.4.